The van der Waals surface area contributed by atoms with Crippen molar-refractivity contribution in [1.82, 2.24) is 10.3 Å². The maximum atomic E-state index is 11.9. The molecule has 3 nitrogen and oxygen atoms in total. The molecular weight excluding hydrogens is 271 g/mol. The van der Waals surface area contributed by atoms with Gasteiger partial charge in [-0.1, -0.05) is 41.4 Å². The fourth-order valence-corrected chi connectivity index (χ4v) is 1.85. The Bertz CT molecular complexity index is 572. The second kappa shape index (κ2) is 5.85. The first kappa shape index (κ1) is 12.9. The predicted molar refractivity (Wildman–Crippen MR) is 71.9 cm³/mol. The third-order valence-electron chi connectivity index (χ3n) is 2.41. The van der Waals surface area contributed by atoms with Crippen LogP contribution in [0.1, 0.15) is 15.9 Å². The molecule has 0 aliphatic heterocycles. The van der Waals surface area contributed by atoms with Crippen LogP contribution >= 0.6 is 23.2 Å². The zero-order valence-corrected chi connectivity index (χ0v) is 10.9. The molecule has 0 radical (unpaired) electrons. The lowest BCUT2D eigenvalue weighted by molar-refractivity contribution is 0.0950. The van der Waals surface area contributed by atoms with E-state index in [0.29, 0.717) is 22.2 Å². The van der Waals surface area contributed by atoms with Crippen LogP contribution in [0.25, 0.3) is 0 Å². The molecule has 5 heteroatoms. The molecule has 0 unspecified atom stereocenters. The molecule has 0 aliphatic rings. The number of amides is 1. The van der Waals surface area contributed by atoms with Crippen molar-refractivity contribution in [1.29, 1.82) is 0 Å². The van der Waals surface area contributed by atoms with Crippen molar-refractivity contribution in [3.8, 4) is 0 Å². The molecule has 0 bridgehead atoms. The Hall–Kier alpha value is -1.58. The van der Waals surface area contributed by atoms with Gasteiger partial charge in [-0.15, -0.1) is 0 Å². The second-order valence-corrected chi connectivity index (χ2v) is 4.44. The number of halogens is 2. The van der Waals surface area contributed by atoms with Crippen molar-refractivity contribution in [2.24, 2.45) is 0 Å². The maximum Gasteiger partial charge on any atom is 0.254 e. The Morgan fingerprint density at radius 1 is 1.17 bits per heavy atom. The first-order chi connectivity index (χ1) is 8.68. The summed E-state index contributed by atoms with van der Waals surface area (Å²) in [5, 5.41) is 3.75. The Morgan fingerprint density at radius 3 is 2.67 bits per heavy atom. The number of benzene rings is 1. The number of carbonyl (C=O) groups excluding carboxylic acids is 1. The van der Waals surface area contributed by atoms with Crippen molar-refractivity contribution < 1.29 is 4.79 Å². The van der Waals surface area contributed by atoms with Gasteiger partial charge in [0.25, 0.3) is 5.91 Å². The molecule has 2 aromatic rings. The van der Waals surface area contributed by atoms with Crippen LogP contribution in [-0.4, -0.2) is 10.9 Å². The van der Waals surface area contributed by atoms with Gasteiger partial charge >= 0.3 is 0 Å². The zero-order valence-electron chi connectivity index (χ0n) is 9.36. The van der Waals surface area contributed by atoms with E-state index in [0.717, 1.165) is 5.56 Å². The minimum Gasteiger partial charge on any atom is -0.348 e. The van der Waals surface area contributed by atoms with Gasteiger partial charge in [-0.25, -0.2) is 0 Å². The molecule has 1 aromatic carbocycles. The van der Waals surface area contributed by atoms with E-state index in [2.05, 4.69) is 10.3 Å². The Kier molecular flexibility index (Phi) is 4.18. The molecule has 1 amide bonds. The number of aromatic nitrogens is 1. The summed E-state index contributed by atoms with van der Waals surface area (Å²) in [4.78, 5) is 15.7. The smallest absolute Gasteiger partial charge is 0.254 e. The highest BCUT2D eigenvalue weighted by Gasteiger charge is 2.10. The highest BCUT2D eigenvalue weighted by Crippen LogP contribution is 2.16. The van der Waals surface area contributed by atoms with E-state index in [1.165, 1.54) is 12.4 Å². The van der Waals surface area contributed by atoms with Gasteiger partial charge < -0.3 is 5.32 Å². The van der Waals surface area contributed by atoms with Crippen molar-refractivity contribution >= 4 is 29.1 Å². The maximum absolute atomic E-state index is 11.9. The first-order valence-corrected chi connectivity index (χ1v) is 6.05. The summed E-state index contributed by atoms with van der Waals surface area (Å²) in [6.07, 6.45) is 2.97. The highest BCUT2D eigenvalue weighted by atomic mass is 35.5. The van der Waals surface area contributed by atoms with E-state index < -0.39 is 0 Å². The quantitative estimate of drug-likeness (QED) is 0.937. The molecule has 0 saturated heterocycles. The van der Waals surface area contributed by atoms with Gasteiger partial charge in [0, 0.05) is 24.0 Å². The van der Waals surface area contributed by atoms with Crippen molar-refractivity contribution in [3.05, 3.63) is 63.9 Å². The van der Waals surface area contributed by atoms with Gasteiger partial charge in [0.15, 0.2) is 0 Å². The van der Waals surface area contributed by atoms with Crippen LogP contribution in [0.5, 0.6) is 0 Å². The topological polar surface area (TPSA) is 42.0 Å². The molecular formula is C13H10Cl2N2O. The number of nitrogens with one attached hydrogen (secondary N) is 1. The summed E-state index contributed by atoms with van der Waals surface area (Å²) in [6.45, 7) is 0.351. The summed E-state index contributed by atoms with van der Waals surface area (Å²) < 4.78 is 0. The van der Waals surface area contributed by atoms with E-state index in [9.17, 15) is 4.79 Å². The summed E-state index contributed by atoms with van der Waals surface area (Å²) in [5.41, 5.74) is 1.21. The van der Waals surface area contributed by atoms with Gasteiger partial charge in [0.2, 0.25) is 0 Å². The van der Waals surface area contributed by atoms with Gasteiger partial charge in [-0.05, 0) is 17.7 Å². The molecule has 92 valence electrons. The largest absolute Gasteiger partial charge is 0.348 e. The minimum absolute atomic E-state index is 0.270. The summed E-state index contributed by atoms with van der Waals surface area (Å²) in [6, 6.07) is 8.91. The van der Waals surface area contributed by atoms with Crippen LogP contribution in [0.15, 0.2) is 42.7 Å². The van der Waals surface area contributed by atoms with E-state index in [4.69, 9.17) is 23.2 Å². The third kappa shape index (κ3) is 3.00. The Labute approximate surface area is 115 Å². The van der Waals surface area contributed by atoms with Crippen LogP contribution in [0.4, 0.5) is 0 Å². The van der Waals surface area contributed by atoms with Gasteiger partial charge in [0.05, 0.1) is 10.6 Å². The van der Waals surface area contributed by atoms with Crippen molar-refractivity contribution in [2.75, 3.05) is 0 Å². The lowest BCUT2D eigenvalue weighted by atomic mass is 10.2. The van der Waals surface area contributed by atoms with E-state index in [1.54, 1.807) is 12.1 Å². The lowest BCUT2D eigenvalue weighted by Crippen LogP contribution is -2.23. The SMILES string of the molecule is O=C(NCc1ccccc1Cl)c1cnccc1Cl. The molecule has 1 aromatic heterocycles. The molecule has 18 heavy (non-hydrogen) atoms. The standard InChI is InChI=1S/C13H10Cl2N2O/c14-11-4-2-1-3-9(11)7-17-13(18)10-8-16-6-5-12(10)15/h1-6,8H,7H2,(H,17,18). The minimum atomic E-state index is -0.270. The lowest BCUT2D eigenvalue weighted by Gasteiger charge is -2.07. The normalized spacial score (nSPS) is 10.1. The molecule has 0 spiro atoms. The van der Waals surface area contributed by atoms with Gasteiger partial charge in [-0.3, -0.25) is 9.78 Å². The number of carbonyl (C=O) groups is 1. The molecule has 1 heterocycles. The number of nitrogens with zero attached hydrogens (tertiary/aromatic N) is 1. The van der Waals surface area contributed by atoms with Crippen molar-refractivity contribution in [3.63, 3.8) is 0 Å². The van der Waals surface area contributed by atoms with Crippen LogP contribution in [0, 0.1) is 0 Å². The predicted octanol–water partition coefficient (Wildman–Crippen LogP) is 3.32. The highest BCUT2D eigenvalue weighted by molar-refractivity contribution is 6.33. The Morgan fingerprint density at radius 2 is 1.94 bits per heavy atom. The van der Waals surface area contributed by atoms with Gasteiger partial charge in [-0.2, -0.15) is 0 Å². The second-order valence-electron chi connectivity index (χ2n) is 3.63. The molecule has 2 rings (SSSR count). The summed E-state index contributed by atoms with van der Waals surface area (Å²) in [5.74, 6) is -0.270. The molecule has 0 saturated carbocycles. The van der Waals surface area contributed by atoms with E-state index in [-0.39, 0.29) is 5.91 Å². The zero-order chi connectivity index (χ0) is 13.0. The summed E-state index contributed by atoms with van der Waals surface area (Å²) >= 11 is 11.9. The number of rotatable bonds is 3. The number of hydrogen-bond donors (Lipinski definition) is 1. The number of pyridine rings is 1. The average molecular weight is 281 g/mol. The van der Waals surface area contributed by atoms with E-state index >= 15 is 0 Å². The van der Waals surface area contributed by atoms with Crippen molar-refractivity contribution in [2.45, 2.75) is 6.54 Å². The summed E-state index contributed by atoms with van der Waals surface area (Å²) in [7, 11) is 0. The van der Waals surface area contributed by atoms with E-state index in [1.807, 2.05) is 18.2 Å². The average Bonchev–Trinajstić information content (AvgIpc) is 2.38. The fraction of sp³-hybridized carbons (Fsp3) is 0.0769. The van der Waals surface area contributed by atoms with Crippen LogP contribution in [0.3, 0.4) is 0 Å². The van der Waals surface area contributed by atoms with Crippen LogP contribution in [-0.2, 0) is 6.54 Å². The Balaban J connectivity index is 2.06. The van der Waals surface area contributed by atoms with Crippen LogP contribution in [0.2, 0.25) is 10.0 Å². The molecule has 0 fully saturated rings. The molecule has 0 atom stereocenters. The van der Waals surface area contributed by atoms with Gasteiger partial charge in [0.1, 0.15) is 0 Å². The fourth-order valence-electron chi connectivity index (χ4n) is 1.46. The number of hydrogen-bond acceptors (Lipinski definition) is 2. The van der Waals surface area contributed by atoms with Crippen LogP contribution < -0.4 is 5.32 Å². The molecule has 1 N–H and O–H groups in total. The third-order valence-corrected chi connectivity index (χ3v) is 3.11. The molecule has 0 aliphatic carbocycles. The monoisotopic (exact) mass is 280 g/mol. The first-order valence-electron chi connectivity index (χ1n) is 5.29.